The molecule has 0 saturated heterocycles. The third-order valence-corrected chi connectivity index (χ3v) is 5.16. The topological polar surface area (TPSA) is 63.6 Å². The second-order valence-electron chi connectivity index (χ2n) is 6.85. The summed E-state index contributed by atoms with van der Waals surface area (Å²) in [6, 6.07) is 18.2. The number of halogens is 2. The third kappa shape index (κ3) is 3.81. The van der Waals surface area contributed by atoms with E-state index in [2.05, 4.69) is 25.3 Å². The molecule has 0 saturated carbocycles. The van der Waals surface area contributed by atoms with Crippen LogP contribution < -0.4 is 5.32 Å². The van der Waals surface area contributed by atoms with Gasteiger partial charge in [0.05, 0.1) is 28.1 Å². The summed E-state index contributed by atoms with van der Waals surface area (Å²) in [5.41, 5.74) is 4.90. The predicted molar refractivity (Wildman–Crippen MR) is 121 cm³/mol. The van der Waals surface area contributed by atoms with Crippen molar-refractivity contribution >= 4 is 34.0 Å². The number of nitrogens with zero attached hydrogens (tertiary/aromatic N) is 4. The minimum absolute atomic E-state index is 0.0592. The standard InChI is InChI=1S/C24H15ClFN5/c25-20-12-16(5-7-21(20)26)23-18(4-2-10-28-23)15-6-8-22-19(11-15)24(30-14-29-22)31-17-3-1-9-27-13-17/h1-14H,(H,29,30,31). The van der Waals surface area contributed by atoms with Crippen LogP contribution in [0.3, 0.4) is 0 Å². The molecule has 5 nitrogen and oxygen atoms in total. The summed E-state index contributed by atoms with van der Waals surface area (Å²) >= 11 is 6.01. The Morgan fingerprint density at radius 1 is 0.839 bits per heavy atom. The zero-order valence-corrected chi connectivity index (χ0v) is 16.9. The van der Waals surface area contributed by atoms with Crippen LogP contribution in [0.1, 0.15) is 0 Å². The number of fused-ring (bicyclic) bond motifs is 1. The van der Waals surface area contributed by atoms with Gasteiger partial charge in [0.25, 0.3) is 0 Å². The molecule has 0 aliphatic rings. The minimum atomic E-state index is -0.461. The summed E-state index contributed by atoms with van der Waals surface area (Å²) in [4.78, 5) is 17.5. The number of benzene rings is 2. The number of hydrogen-bond donors (Lipinski definition) is 1. The van der Waals surface area contributed by atoms with E-state index in [0.29, 0.717) is 11.5 Å². The number of hydrogen-bond acceptors (Lipinski definition) is 5. The first-order valence-electron chi connectivity index (χ1n) is 9.52. The van der Waals surface area contributed by atoms with Crippen LogP contribution in [-0.4, -0.2) is 19.9 Å². The van der Waals surface area contributed by atoms with E-state index in [4.69, 9.17) is 11.6 Å². The zero-order chi connectivity index (χ0) is 21.2. The summed E-state index contributed by atoms with van der Waals surface area (Å²) in [5.74, 6) is 0.215. The van der Waals surface area contributed by atoms with Crippen LogP contribution in [0.5, 0.6) is 0 Å². The van der Waals surface area contributed by atoms with Crippen molar-refractivity contribution in [2.45, 2.75) is 0 Å². The molecular formula is C24H15ClFN5. The Balaban J connectivity index is 1.63. The van der Waals surface area contributed by atoms with Gasteiger partial charge < -0.3 is 5.32 Å². The molecule has 0 atom stereocenters. The fraction of sp³-hybridized carbons (Fsp3) is 0. The number of anilines is 2. The van der Waals surface area contributed by atoms with Crippen molar-refractivity contribution in [2.24, 2.45) is 0 Å². The second-order valence-corrected chi connectivity index (χ2v) is 7.26. The SMILES string of the molecule is Fc1ccc(-c2ncccc2-c2ccc3ncnc(Nc4cccnc4)c3c2)cc1Cl. The zero-order valence-electron chi connectivity index (χ0n) is 16.1. The van der Waals surface area contributed by atoms with Gasteiger partial charge >= 0.3 is 0 Å². The summed E-state index contributed by atoms with van der Waals surface area (Å²) < 4.78 is 13.7. The summed E-state index contributed by atoms with van der Waals surface area (Å²) in [7, 11) is 0. The van der Waals surface area contributed by atoms with E-state index >= 15 is 0 Å². The fourth-order valence-electron chi connectivity index (χ4n) is 3.41. The van der Waals surface area contributed by atoms with Crippen LogP contribution in [0.2, 0.25) is 5.02 Å². The molecule has 0 radical (unpaired) electrons. The Morgan fingerprint density at radius 2 is 1.71 bits per heavy atom. The van der Waals surface area contributed by atoms with E-state index in [0.717, 1.165) is 33.3 Å². The highest BCUT2D eigenvalue weighted by Gasteiger charge is 2.13. The molecule has 0 unspecified atom stereocenters. The van der Waals surface area contributed by atoms with Gasteiger partial charge in [0.15, 0.2) is 0 Å². The molecule has 3 aromatic heterocycles. The van der Waals surface area contributed by atoms with Gasteiger partial charge in [-0.15, -0.1) is 0 Å². The number of rotatable bonds is 4. The molecule has 0 aliphatic carbocycles. The van der Waals surface area contributed by atoms with Crippen molar-refractivity contribution in [3.8, 4) is 22.4 Å². The molecular weight excluding hydrogens is 413 g/mol. The van der Waals surface area contributed by atoms with E-state index < -0.39 is 5.82 Å². The van der Waals surface area contributed by atoms with Crippen molar-refractivity contribution in [3.05, 3.63) is 96.4 Å². The first-order chi connectivity index (χ1) is 15.2. The van der Waals surface area contributed by atoms with E-state index in [1.165, 1.54) is 12.4 Å². The maximum atomic E-state index is 13.7. The van der Waals surface area contributed by atoms with Crippen LogP contribution in [0.25, 0.3) is 33.3 Å². The first-order valence-corrected chi connectivity index (χ1v) is 9.89. The smallest absolute Gasteiger partial charge is 0.141 e. The average Bonchev–Trinajstić information content (AvgIpc) is 2.81. The van der Waals surface area contributed by atoms with Gasteiger partial charge in [0, 0.05) is 28.9 Å². The number of pyridine rings is 2. The van der Waals surface area contributed by atoms with Gasteiger partial charge in [-0.2, -0.15) is 0 Å². The molecule has 150 valence electrons. The molecule has 31 heavy (non-hydrogen) atoms. The lowest BCUT2D eigenvalue weighted by Crippen LogP contribution is -1.97. The summed E-state index contributed by atoms with van der Waals surface area (Å²) in [5, 5.41) is 4.21. The van der Waals surface area contributed by atoms with Gasteiger partial charge in [-0.1, -0.05) is 23.7 Å². The summed E-state index contributed by atoms with van der Waals surface area (Å²) in [6.07, 6.45) is 6.68. The molecule has 0 aliphatic heterocycles. The molecule has 7 heteroatoms. The highest BCUT2D eigenvalue weighted by atomic mass is 35.5. The lowest BCUT2D eigenvalue weighted by Gasteiger charge is -2.12. The van der Waals surface area contributed by atoms with E-state index in [1.54, 1.807) is 30.7 Å². The van der Waals surface area contributed by atoms with Gasteiger partial charge in [-0.25, -0.2) is 14.4 Å². The molecule has 3 heterocycles. The predicted octanol–water partition coefficient (Wildman–Crippen LogP) is 6.29. The third-order valence-electron chi connectivity index (χ3n) is 4.87. The Morgan fingerprint density at radius 3 is 2.55 bits per heavy atom. The van der Waals surface area contributed by atoms with Gasteiger partial charge in [0.2, 0.25) is 0 Å². The van der Waals surface area contributed by atoms with Crippen LogP contribution >= 0.6 is 11.6 Å². The van der Waals surface area contributed by atoms with Gasteiger partial charge in [0.1, 0.15) is 18.0 Å². The van der Waals surface area contributed by atoms with Crippen molar-refractivity contribution < 1.29 is 4.39 Å². The maximum absolute atomic E-state index is 13.7. The van der Waals surface area contributed by atoms with Crippen molar-refractivity contribution in [2.75, 3.05) is 5.32 Å². The summed E-state index contributed by atoms with van der Waals surface area (Å²) in [6.45, 7) is 0. The van der Waals surface area contributed by atoms with E-state index in [-0.39, 0.29) is 5.02 Å². The Bertz CT molecular complexity index is 1390. The minimum Gasteiger partial charge on any atom is -0.338 e. The Kier molecular flexibility index (Phi) is 4.98. The highest BCUT2D eigenvalue weighted by Crippen LogP contribution is 2.34. The monoisotopic (exact) mass is 427 g/mol. The molecule has 2 aromatic carbocycles. The number of nitrogens with one attached hydrogen (secondary N) is 1. The second kappa shape index (κ2) is 8.08. The van der Waals surface area contributed by atoms with Crippen LogP contribution in [0.15, 0.2) is 85.6 Å². The number of aromatic nitrogens is 4. The lowest BCUT2D eigenvalue weighted by molar-refractivity contribution is 0.628. The molecule has 5 rings (SSSR count). The van der Waals surface area contributed by atoms with E-state index in [1.807, 2.05) is 42.5 Å². The van der Waals surface area contributed by atoms with Gasteiger partial charge in [-0.05, 0) is 54.1 Å². The largest absolute Gasteiger partial charge is 0.338 e. The highest BCUT2D eigenvalue weighted by molar-refractivity contribution is 6.31. The molecule has 0 fully saturated rings. The van der Waals surface area contributed by atoms with Crippen molar-refractivity contribution in [1.29, 1.82) is 0 Å². The van der Waals surface area contributed by atoms with Crippen LogP contribution in [0, 0.1) is 5.82 Å². The first kappa shape index (κ1) is 19.1. The quantitative estimate of drug-likeness (QED) is 0.365. The molecule has 1 N–H and O–H groups in total. The normalized spacial score (nSPS) is 10.9. The maximum Gasteiger partial charge on any atom is 0.141 e. The molecule has 0 amide bonds. The molecule has 5 aromatic rings. The van der Waals surface area contributed by atoms with Crippen LogP contribution in [-0.2, 0) is 0 Å². The Labute approximate surface area is 182 Å². The lowest BCUT2D eigenvalue weighted by atomic mass is 9.98. The molecule has 0 spiro atoms. The van der Waals surface area contributed by atoms with Crippen molar-refractivity contribution in [3.63, 3.8) is 0 Å². The van der Waals surface area contributed by atoms with E-state index in [9.17, 15) is 4.39 Å². The Hall–Kier alpha value is -3.90. The van der Waals surface area contributed by atoms with Crippen molar-refractivity contribution in [1.82, 2.24) is 19.9 Å². The molecule has 0 bridgehead atoms. The fourth-order valence-corrected chi connectivity index (χ4v) is 3.59. The van der Waals surface area contributed by atoms with Gasteiger partial charge in [-0.3, -0.25) is 9.97 Å². The van der Waals surface area contributed by atoms with Crippen LogP contribution in [0.4, 0.5) is 15.9 Å². The average molecular weight is 428 g/mol.